The minimum absolute atomic E-state index is 0.0115. The molecule has 1 aromatic carbocycles. The number of carbonyl (C=O) groups is 1. The first kappa shape index (κ1) is 17.8. The maximum absolute atomic E-state index is 13.8. The topological polar surface area (TPSA) is 74.8 Å². The average Bonchev–Trinajstić information content (AvgIpc) is 3.08. The van der Waals surface area contributed by atoms with Gasteiger partial charge < -0.3 is 10.2 Å². The third-order valence-electron chi connectivity index (χ3n) is 3.65. The molecule has 0 saturated heterocycles. The number of hydrogen-bond donors (Lipinski definition) is 2. The molecule has 0 aliphatic carbocycles. The van der Waals surface area contributed by atoms with Gasteiger partial charge in [-0.2, -0.15) is 0 Å². The van der Waals surface area contributed by atoms with E-state index >= 15 is 0 Å². The van der Waals surface area contributed by atoms with E-state index in [1.165, 1.54) is 34.3 Å². The van der Waals surface area contributed by atoms with Crippen molar-refractivity contribution in [1.29, 1.82) is 0 Å². The van der Waals surface area contributed by atoms with Crippen molar-refractivity contribution < 1.29 is 19.4 Å². The van der Waals surface area contributed by atoms with Crippen LogP contribution in [-0.4, -0.2) is 27.0 Å². The molecule has 130 valence electrons. The number of aromatic hydroxyl groups is 1. The van der Waals surface area contributed by atoms with Crippen molar-refractivity contribution >= 4 is 64.7 Å². The SMILES string of the molecule is O=C(O)CCCn1c(O)c(C=C2C=Nc3c(F)ccc(Cl)c32)sc1=S. The second kappa shape index (κ2) is 7.07. The Morgan fingerprint density at radius 2 is 2.24 bits per heavy atom. The summed E-state index contributed by atoms with van der Waals surface area (Å²) in [5.74, 6) is -1.43. The van der Waals surface area contributed by atoms with E-state index < -0.39 is 11.8 Å². The average molecular weight is 399 g/mol. The predicted octanol–water partition coefficient (Wildman–Crippen LogP) is 4.90. The maximum atomic E-state index is 13.8. The first-order valence-electron chi connectivity index (χ1n) is 7.27. The van der Waals surface area contributed by atoms with Crippen molar-refractivity contribution in [2.75, 3.05) is 0 Å². The quantitative estimate of drug-likeness (QED) is 0.702. The van der Waals surface area contributed by atoms with Crippen LogP contribution >= 0.6 is 35.2 Å². The summed E-state index contributed by atoms with van der Waals surface area (Å²) in [6.07, 6.45) is 3.47. The van der Waals surface area contributed by atoms with Gasteiger partial charge in [0.1, 0.15) is 11.5 Å². The molecular weight excluding hydrogens is 387 g/mol. The lowest BCUT2D eigenvalue weighted by molar-refractivity contribution is -0.137. The molecule has 5 nitrogen and oxygen atoms in total. The van der Waals surface area contributed by atoms with E-state index in [0.29, 0.717) is 38.0 Å². The zero-order valence-corrected chi connectivity index (χ0v) is 15.1. The number of fused-ring (bicyclic) bond motifs is 1. The zero-order valence-electron chi connectivity index (χ0n) is 12.7. The van der Waals surface area contributed by atoms with Crippen molar-refractivity contribution in [3.63, 3.8) is 0 Å². The summed E-state index contributed by atoms with van der Waals surface area (Å²) >= 11 is 12.6. The number of hydrogen-bond acceptors (Lipinski definition) is 5. The van der Waals surface area contributed by atoms with Gasteiger partial charge in [0, 0.05) is 30.3 Å². The lowest BCUT2D eigenvalue weighted by atomic mass is 10.1. The minimum Gasteiger partial charge on any atom is -0.493 e. The van der Waals surface area contributed by atoms with Crippen LogP contribution in [0.5, 0.6) is 5.88 Å². The summed E-state index contributed by atoms with van der Waals surface area (Å²) in [5, 5.41) is 19.4. The smallest absolute Gasteiger partial charge is 0.303 e. The monoisotopic (exact) mass is 398 g/mol. The van der Waals surface area contributed by atoms with Gasteiger partial charge in [0.2, 0.25) is 5.88 Å². The van der Waals surface area contributed by atoms with Crippen LogP contribution in [0, 0.1) is 9.77 Å². The molecule has 0 fully saturated rings. The van der Waals surface area contributed by atoms with E-state index in [1.54, 1.807) is 6.08 Å². The molecule has 0 atom stereocenters. The molecule has 2 heterocycles. The highest BCUT2D eigenvalue weighted by atomic mass is 35.5. The van der Waals surface area contributed by atoms with E-state index in [2.05, 4.69) is 4.99 Å². The van der Waals surface area contributed by atoms with Gasteiger partial charge in [-0.3, -0.25) is 14.4 Å². The van der Waals surface area contributed by atoms with Gasteiger partial charge in [-0.25, -0.2) is 4.39 Å². The molecule has 0 radical (unpaired) electrons. The fourth-order valence-electron chi connectivity index (χ4n) is 2.49. The van der Waals surface area contributed by atoms with Gasteiger partial charge in [0.05, 0.1) is 9.90 Å². The number of benzene rings is 1. The molecule has 25 heavy (non-hydrogen) atoms. The van der Waals surface area contributed by atoms with Gasteiger partial charge in [0.15, 0.2) is 3.95 Å². The number of carboxylic acid groups (broad SMARTS) is 1. The highest BCUT2D eigenvalue weighted by molar-refractivity contribution is 7.73. The summed E-state index contributed by atoms with van der Waals surface area (Å²) in [6, 6.07) is 2.71. The largest absolute Gasteiger partial charge is 0.493 e. The highest BCUT2D eigenvalue weighted by Crippen LogP contribution is 2.41. The first-order chi connectivity index (χ1) is 11.9. The molecule has 2 N–H and O–H groups in total. The Hall–Kier alpha value is -2.03. The van der Waals surface area contributed by atoms with E-state index in [0.717, 1.165) is 0 Å². The number of thiazole rings is 1. The Labute approximate surface area is 156 Å². The van der Waals surface area contributed by atoms with Crippen LogP contribution in [0.15, 0.2) is 17.1 Å². The van der Waals surface area contributed by atoms with E-state index in [-0.39, 0.29) is 18.0 Å². The molecule has 9 heteroatoms. The third kappa shape index (κ3) is 3.51. The highest BCUT2D eigenvalue weighted by Gasteiger charge is 2.21. The van der Waals surface area contributed by atoms with Crippen LogP contribution in [0.2, 0.25) is 5.02 Å². The fraction of sp³-hybridized carbons (Fsp3) is 0.188. The van der Waals surface area contributed by atoms with E-state index in [4.69, 9.17) is 28.9 Å². The number of carboxylic acids is 1. The van der Waals surface area contributed by atoms with Gasteiger partial charge in [-0.15, -0.1) is 11.3 Å². The predicted molar refractivity (Wildman–Crippen MR) is 99.1 cm³/mol. The van der Waals surface area contributed by atoms with Crippen LogP contribution in [-0.2, 0) is 11.3 Å². The Bertz CT molecular complexity index is 978. The lowest BCUT2D eigenvalue weighted by Crippen LogP contribution is -2.01. The van der Waals surface area contributed by atoms with Gasteiger partial charge >= 0.3 is 5.97 Å². The second-order valence-corrected chi connectivity index (χ2v) is 7.40. The molecule has 0 unspecified atom stereocenters. The van der Waals surface area contributed by atoms with Crippen LogP contribution in [0.3, 0.4) is 0 Å². The van der Waals surface area contributed by atoms with Gasteiger partial charge in [0.25, 0.3) is 0 Å². The Kier molecular flexibility index (Phi) is 5.03. The summed E-state index contributed by atoms with van der Waals surface area (Å²) in [5.41, 5.74) is 1.21. The number of rotatable bonds is 5. The minimum atomic E-state index is -0.904. The Balaban J connectivity index is 1.95. The number of aliphatic imine (C=N–C) groups is 1. The number of aromatic nitrogens is 1. The van der Waals surface area contributed by atoms with Crippen LogP contribution in [0.25, 0.3) is 11.6 Å². The van der Waals surface area contributed by atoms with E-state index in [1.807, 2.05) is 0 Å². The lowest BCUT2D eigenvalue weighted by Gasteiger charge is -2.04. The fourth-order valence-corrected chi connectivity index (χ4v) is 4.06. The van der Waals surface area contributed by atoms with Crippen molar-refractivity contribution in [3.8, 4) is 5.88 Å². The molecule has 0 saturated carbocycles. The normalized spacial score (nSPS) is 14.2. The summed E-state index contributed by atoms with van der Waals surface area (Å²) in [4.78, 5) is 15.1. The van der Waals surface area contributed by atoms with Gasteiger partial charge in [-0.05, 0) is 36.8 Å². The molecule has 1 aliphatic heterocycles. The molecule has 1 aromatic heterocycles. The molecule has 0 spiro atoms. The van der Waals surface area contributed by atoms with Crippen LogP contribution in [0.4, 0.5) is 10.1 Å². The molecule has 0 bridgehead atoms. The number of aliphatic carboxylic acids is 1. The first-order valence-corrected chi connectivity index (χ1v) is 8.87. The van der Waals surface area contributed by atoms with Crippen molar-refractivity contribution in [3.05, 3.63) is 37.4 Å². The van der Waals surface area contributed by atoms with E-state index in [9.17, 15) is 14.3 Å². The van der Waals surface area contributed by atoms with Crippen molar-refractivity contribution in [2.24, 2.45) is 4.99 Å². The number of nitrogens with zero attached hydrogens (tertiary/aromatic N) is 2. The summed E-state index contributed by atoms with van der Waals surface area (Å²) in [6.45, 7) is 0.302. The summed E-state index contributed by atoms with van der Waals surface area (Å²) in [7, 11) is 0. The van der Waals surface area contributed by atoms with Gasteiger partial charge in [-0.1, -0.05) is 11.6 Å². The Morgan fingerprint density at radius 1 is 1.48 bits per heavy atom. The number of halogens is 2. The number of allylic oxidation sites excluding steroid dienone is 1. The molecule has 3 rings (SSSR count). The molecule has 2 aromatic rings. The standard InChI is InChI=1S/C16H12ClFN2O3S2/c17-9-3-4-10(18)14-13(9)8(7-19-14)6-11-15(23)20(16(24)25-11)5-1-2-12(21)22/h3-4,6-7,23H,1-2,5H2,(H,21,22). The molecule has 0 amide bonds. The third-order valence-corrected chi connectivity index (χ3v) is 5.35. The van der Waals surface area contributed by atoms with Crippen LogP contribution < -0.4 is 0 Å². The molecular formula is C16H12ClFN2O3S2. The molecule has 1 aliphatic rings. The zero-order chi connectivity index (χ0) is 18.1. The second-order valence-electron chi connectivity index (χ2n) is 5.32. The van der Waals surface area contributed by atoms with Crippen LogP contribution in [0.1, 0.15) is 23.3 Å². The van der Waals surface area contributed by atoms with Crippen molar-refractivity contribution in [2.45, 2.75) is 19.4 Å². The maximum Gasteiger partial charge on any atom is 0.303 e. The van der Waals surface area contributed by atoms with Crippen molar-refractivity contribution in [1.82, 2.24) is 4.57 Å². The Morgan fingerprint density at radius 3 is 2.96 bits per heavy atom. The summed E-state index contributed by atoms with van der Waals surface area (Å²) < 4.78 is 15.7.